The number of esters is 1. The van der Waals surface area contributed by atoms with Crippen molar-refractivity contribution in [2.75, 3.05) is 19.8 Å². The fourth-order valence-corrected chi connectivity index (χ4v) is 2.39. The van der Waals surface area contributed by atoms with Crippen LogP contribution in [0.3, 0.4) is 0 Å². The molecule has 2 rings (SSSR count). The average Bonchev–Trinajstić information content (AvgIpc) is 2.36. The van der Waals surface area contributed by atoms with Crippen LogP contribution >= 0.6 is 0 Å². The van der Waals surface area contributed by atoms with Crippen molar-refractivity contribution >= 4 is 5.97 Å². The smallest absolute Gasteiger partial charge is 0.316 e. The van der Waals surface area contributed by atoms with Crippen molar-refractivity contribution in [2.45, 2.75) is 31.6 Å². The van der Waals surface area contributed by atoms with Crippen molar-refractivity contribution in [1.29, 1.82) is 0 Å². The fraction of sp³-hybridized carbons (Fsp3) is 0.533. The summed E-state index contributed by atoms with van der Waals surface area (Å²) in [5, 5.41) is 0. The lowest BCUT2D eigenvalue weighted by Gasteiger charge is -2.39. The first-order valence-corrected chi connectivity index (χ1v) is 6.70. The van der Waals surface area contributed by atoms with Crippen LogP contribution in [0.4, 0.5) is 4.39 Å². The predicted octanol–water partition coefficient (Wildman–Crippen LogP) is 2.83. The molecule has 0 heterocycles. The quantitative estimate of drug-likeness (QED) is 0.586. The highest BCUT2D eigenvalue weighted by Gasteiger charge is 2.47. The second-order valence-electron chi connectivity index (χ2n) is 4.78. The molecule has 0 atom stereocenters. The van der Waals surface area contributed by atoms with E-state index < -0.39 is 5.41 Å². The Labute approximate surface area is 112 Å². The van der Waals surface area contributed by atoms with E-state index in [4.69, 9.17) is 9.47 Å². The van der Waals surface area contributed by atoms with Gasteiger partial charge in [-0.3, -0.25) is 4.79 Å². The molecule has 0 spiro atoms. The average molecular weight is 266 g/mol. The van der Waals surface area contributed by atoms with Gasteiger partial charge in [0.15, 0.2) is 0 Å². The molecule has 0 saturated heterocycles. The summed E-state index contributed by atoms with van der Waals surface area (Å²) < 4.78 is 23.4. The van der Waals surface area contributed by atoms with E-state index >= 15 is 0 Å². The van der Waals surface area contributed by atoms with Gasteiger partial charge in [0, 0.05) is 6.61 Å². The lowest BCUT2D eigenvalue weighted by atomic mass is 9.64. The van der Waals surface area contributed by atoms with E-state index in [1.807, 2.05) is 6.92 Å². The number of halogens is 1. The van der Waals surface area contributed by atoms with Crippen molar-refractivity contribution in [1.82, 2.24) is 0 Å². The second kappa shape index (κ2) is 6.15. The Morgan fingerprint density at radius 1 is 1.26 bits per heavy atom. The van der Waals surface area contributed by atoms with Gasteiger partial charge < -0.3 is 9.47 Å². The maximum atomic E-state index is 13.0. The first-order chi connectivity index (χ1) is 9.19. The molecule has 4 heteroatoms. The van der Waals surface area contributed by atoms with Gasteiger partial charge in [-0.15, -0.1) is 0 Å². The number of hydrogen-bond donors (Lipinski definition) is 0. The van der Waals surface area contributed by atoms with Gasteiger partial charge in [0.1, 0.15) is 12.4 Å². The first kappa shape index (κ1) is 14.0. The van der Waals surface area contributed by atoms with Gasteiger partial charge in [-0.1, -0.05) is 18.6 Å². The predicted molar refractivity (Wildman–Crippen MR) is 69.4 cm³/mol. The van der Waals surface area contributed by atoms with Crippen molar-refractivity contribution in [3.63, 3.8) is 0 Å². The number of rotatable bonds is 6. The van der Waals surface area contributed by atoms with Crippen LogP contribution < -0.4 is 0 Å². The molecule has 19 heavy (non-hydrogen) atoms. The molecule has 1 aromatic rings. The molecule has 0 N–H and O–H groups in total. The molecule has 1 aromatic carbocycles. The molecule has 1 fully saturated rings. The Morgan fingerprint density at radius 3 is 2.47 bits per heavy atom. The minimum atomic E-state index is -0.570. The normalized spacial score (nSPS) is 16.7. The zero-order valence-electron chi connectivity index (χ0n) is 11.2. The van der Waals surface area contributed by atoms with Gasteiger partial charge >= 0.3 is 5.97 Å². The maximum Gasteiger partial charge on any atom is 0.316 e. The molecule has 1 aliphatic carbocycles. The Morgan fingerprint density at radius 2 is 1.95 bits per heavy atom. The summed E-state index contributed by atoms with van der Waals surface area (Å²) in [6, 6.07) is 6.14. The second-order valence-corrected chi connectivity index (χ2v) is 4.78. The van der Waals surface area contributed by atoms with Gasteiger partial charge in [-0.25, -0.2) is 4.39 Å². The monoisotopic (exact) mass is 266 g/mol. The zero-order valence-corrected chi connectivity index (χ0v) is 11.2. The molecule has 0 amide bonds. The van der Waals surface area contributed by atoms with E-state index in [1.54, 1.807) is 12.1 Å². The zero-order chi connectivity index (χ0) is 13.7. The van der Waals surface area contributed by atoms with Crippen LogP contribution in [0.25, 0.3) is 0 Å². The van der Waals surface area contributed by atoms with Gasteiger partial charge in [-0.05, 0) is 37.5 Å². The van der Waals surface area contributed by atoms with Gasteiger partial charge in [0.05, 0.1) is 12.0 Å². The van der Waals surface area contributed by atoms with E-state index in [2.05, 4.69) is 0 Å². The molecule has 0 aromatic heterocycles. The summed E-state index contributed by atoms with van der Waals surface area (Å²) in [4.78, 5) is 12.2. The van der Waals surface area contributed by atoms with Crippen molar-refractivity contribution in [3.8, 4) is 0 Å². The third kappa shape index (κ3) is 2.95. The summed E-state index contributed by atoms with van der Waals surface area (Å²) in [5.41, 5.74) is 0.279. The van der Waals surface area contributed by atoms with Gasteiger partial charge in [0.25, 0.3) is 0 Å². The summed E-state index contributed by atoms with van der Waals surface area (Å²) >= 11 is 0. The molecule has 104 valence electrons. The van der Waals surface area contributed by atoms with Crippen LogP contribution in [0.15, 0.2) is 24.3 Å². The summed E-state index contributed by atoms with van der Waals surface area (Å²) in [6.45, 7) is 3.20. The van der Waals surface area contributed by atoms with Crippen LogP contribution in [0.1, 0.15) is 31.7 Å². The molecule has 0 bridgehead atoms. The topological polar surface area (TPSA) is 35.5 Å². The molecular weight excluding hydrogens is 247 g/mol. The van der Waals surface area contributed by atoms with Crippen molar-refractivity contribution in [2.24, 2.45) is 0 Å². The van der Waals surface area contributed by atoms with E-state index in [-0.39, 0.29) is 18.4 Å². The number of carbonyl (C=O) groups excluding carboxylic acids is 1. The molecule has 0 aliphatic heterocycles. The number of hydrogen-bond acceptors (Lipinski definition) is 3. The van der Waals surface area contributed by atoms with Crippen LogP contribution in [0.5, 0.6) is 0 Å². The van der Waals surface area contributed by atoms with Gasteiger partial charge in [0.2, 0.25) is 0 Å². The van der Waals surface area contributed by atoms with E-state index in [1.165, 1.54) is 12.1 Å². The third-order valence-electron chi connectivity index (χ3n) is 3.66. The largest absolute Gasteiger partial charge is 0.463 e. The van der Waals surface area contributed by atoms with E-state index in [0.29, 0.717) is 13.2 Å². The highest BCUT2D eigenvalue weighted by molar-refractivity contribution is 5.84. The van der Waals surface area contributed by atoms with Crippen LogP contribution in [-0.2, 0) is 19.7 Å². The Bertz CT molecular complexity index is 424. The van der Waals surface area contributed by atoms with Crippen molar-refractivity contribution in [3.05, 3.63) is 35.6 Å². The van der Waals surface area contributed by atoms with Gasteiger partial charge in [-0.2, -0.15) is 0 Å². The molecule has 0 radical (unpaired) electrons. The van der Waals surface area contributed by atoms with Crippen LogP contribution in [-0.4, -0.2) is 25.8 Å². The Balaban J connectivity index is 2.01. The molecule has 3 nitrogen and oxygen atoms in total. The molecule has 1 saturated carbocycles. The Kier molecular flexibility index (Phi) is 4.53. The highest BCUT2D eigenvalue weighted by atomic mass is 19.1. The SMILES string of the molecule is CCOCCOC(=O)C1(c2ccc(F)cc2)CCC1. The van der Waals surface area contributed by atoms with Crippen LogP contribution in [0, 0.1) is 5.82 Å². The summed E-state index contributed by atoms with van der Waals surface area (Å²) in [5.74, 6) is -0.506. The fourth-order valence-electron chi connectivity index (χ4n) is 2.39. The lowest BCUT2D eigenvalue weighted by molar-refractivity contribution is -0.156. The maximum absolute atomic E-state index is 13.0. The highest BCUT2D eigenvalue weighted by Crippen LogP contribution is 2.44. The lowest BCUT2D eigenvalue weighted by Crippen LogP contribution is -2.44. The van der Waals surface area contributed by atoms with Crippen molar-refractivity contribution < 1.29 is 18.7 Å². The summed E-state index contributed by atoms with van der Waals surface area (Å²) in [6.07, 6.45) is 2.54. The third-order valence-corrected chi connectivity index (χ3v) is 3.66. The molecule has 1 aliphatic rings. The number of ether oxygens (including phenoxy) is 2. The number of carbonyl (C=O) groups is 1. The van der Waals surface area contributed by atoms with Crippen LogP contribution in [0.2, 0.25) is 0 Å². The minimum absolute atomic E-state index is 0.218. The van der Waals surface area contributed by atoms with E-state index in [0.717, 1.165) is 24.8 Å². The number of benzene rings is 1. The molecule has 0 unspecified atom stereocenters. The molecular formula is C15H19FO3. The minimum Gasteiger partial charge on any atom is -0.463 e. The van der Waals surface area contributed by atoms with E-state index in [9.17, 15) is 9.18 Å². The standard InChI is InChI=1S/C15H19FO3/c1-2-18-10-11-19-14(17)15(8-3-9-15)12-4-6-13(16)7-5-12/h4-7H,2-3,8-11H2,1H3. The first-order valence-electron chi connectivity index (χ1n) is 6.70. The summed E-state index contributed by atoms with van der Waals surface area (Å²) in [7, 11) is 0. The Hall–Kier alpha value is -1.42.